The number of rotatable bonds is 6. The van der Waals surface area contributed by atoms with Crippen molar-refractivity contribution in [3.05, 3.63) is 59.9 Å². The van der Waals surface area contributed by atoms with Crippen molar-refractivity contribution in [3.63, 3.8) is 0 Å². The van der Waals surface area contributed by atoms with Crippen molar-refractivity contribution in [2.75, 3.05) is 20.3 Å². The fourth-order valence-electron chi connectivity index (χ4n) is 1.96. The van der Waals surface area contributed by atoms with Gasteiger partial charge in [0, 0.05) is 0 Å². The molecule has 5 heteroatoms. The molecule has 0 atom stereocenters. The van der Waals surface area contributed by atoms with E-state index in [-0.39, 0.29) is 31.3 Å². The normalized spacial score (nSPS) is 9.58. The van der Waals surface area contributed by atoms with Crippen LogP contribution >= 0.6 is 0 Å². The number of nitrogens with one attached hydrogen (secondary N) is 1. The molecule has 4 nitrogen and oxygen atoms in total. The van der Waals surface area contributed by atoms with Crippen LogP contribution in [-0.4, -0.2) is 26.2 Å². The van der Waals surface area contributed by atoms with Gasteiger partial charge in [-0.05, 0) is 29.8 Å². The average molecular weight is 327 g/mol. The Morgan fingerprint density at radius 3 is 2.50 bits per heavy atom. The van der Waals surface area contributed by atoms with Gasteiger partial charge in [0.05, 0.1) is 20.1 Å². The number of hydrogen-bond acceptors (Lipinski definition) is 3. The van der Waals surface area contributed by atoms with Crippen LogP contribution in [0.5, 0.6) is 11.5 Å². The lowest BCUT2D eigenvalue weighted by Crippen LogP contribution is -2.25. The molecule has 0 aliphatic carbocycles. The Balaban J connectivity index is 1.70. The Morgan fingerprint density at radius 1 is 1.08 bits per heavy atom. The zero-order chi connectivity index (χ0) is 17.2. The van der Waals surface area contributed by atoms with Crippen molar-refractivity contribution in [3.8, 4) is 23.3 Å². The summed E-state index contributed by atoms with van der Waals surface area (Å²) < 4.78 is 23.4. The van der Waals surface area contributed by atoms with Crippen molar-refractivity contribution in [2.45, 2.75) is 6.42 Å². The number of methoxy groups -OCH3 is 1. The van der Waals surface area contributed by atoms with E-state index < -0.39 is 0 Å². The summed E-state index contributed by atoms with van der Waals surface area (Å²) in [6, 6.07) is 13.1. The largest absolute Gasteiger partial charge is 0.493 e. The van der Waals surface area contributed by atoms with Gasteiger partial charge in [0.2, 0.25) is 5.91 Å². The SMILES string of the molecule is COc1ccccc1OCC#CCNC(=O)Cc1ccc(F)cc1. The molecule has 2 aromatic carbocycles. The minimum Gasteiger partial charge on any atom is -0.493 e. The summed E-state index contributed by atoms with van der Waals surface area (Å²) in [5, 5.41) is 2.68. The highest BCUT2D eigenvalue weighted by molar-refractivity contribution is 5.78. The van der Waals surface area contributed by atoms with Crippen LogP contribution in [0.2, 0.25) is 0 Å². The molecule has 0 aromatic heterocycles. The molecule has 0 aliphatic rings. The summed E-state index contributed by atoms with van der Waals surface area (Å²) in [5.41, 5.74) is 0.751. The van der Waals surface area contributed by atoms with Crippen LogP contribution in [0.4, 0.5) is 4.39 Å². The first-order valence-electron chi connectivity index (χ1n) is 7.41. The second-order valence-corrected chi connectivity index (χ2v) is 4.87. The van der Waals surface area contributed by atoms with Crippen LogP contribution in [0, 0.1) is 17.7 Å². The highest BCUT2D eigenvalue weighted by Gasteiger charge is 2.02. The summed E-state index contributed by atoms with van der Waals surface area (Å²) >= 11 is 0. The monoisotopic (exact) mass is 327 g/mol. The second kappa shape index (κ2) is 9.21. The molecule has 0 fully saturated rings. The highest BCUT2D eigenvalue weighted by Crippen LogP contribution is 2.25. The van der Waals surface area contributed by atoms with E-state index in [2.05, 4.69) is 17.2 Å². The topological polar surface area (TPSA) is 47.6 Å². The average Bonchev–Trinajstić information content (AvgIpc) is 2.60. The van der Waals surface area contributed by atoms with Gasteiger partial charge in [0.15, 0.2) is 11.5 Å². The number of benzene rings is 2. The van der Waals surface area contributed by atoms with E-state index in [4.69, 9.17) is 9.47 Å². The van der Waals surface area contributed by atoms with E-state index in [9.17, 15) is 9.18 Å². The predicted octanol–water partition coefficient (Wildman–Crippen LogP) is 2.58. The third kappa shape index (κ3) is 5.65. The van der Waals surface area contributed by atoms with Gasteiger partial charge in [-0.25, -0.2) is 4.39 Å². The zero-order valence-corrected chi connectivity index (χ0v) is 13.3. The Bertz CT molecular complexity index is 732. The summed E-state index contributed by atoms with van der Waals surface area (Å²) in [6.45, 7) is 0.434. The molecule has 2 aromatic rings. The third-order valence-electron chi connectivity index (χ3n) is 3.15. The predicted molar refractivity (Wildman–Crippen MR) is 89.4 cm³/mol. The molecule has 1 N–H and O–H groups in total. The van der Waals surface area contributed by atoms with Gasteiger partial charge in [0.25, 0.3) is 0 Å². The van der Waals surface area contributed by atoms with Gasteiger partial charge in [-0.1, -0.05) is 36.1 Å². The lowest BCUT2D eigenvalue weighted by molar-refractivity contribution is -0.120. The number of carbonyl (C=O) groups is 1. The molecule has 0 unspecified atom stereocenters. The summed E-state index contributed by atoms with van der Waals surface area (Å²) in [4.78, 5) is 11.7. The first kappa shape index (κ1) is 17.4. The van der Waals surface area contributed by atoms with Crippen molar-refractivity contribution < 1.29 is 18.7 Å². The molecule has 1 amide bonds. The quantitative estimate of drug-likeness (QED) is 0.830. The Morgan fingerprint density at radius 2 is 1.79 bits per heavy atom. The van der Waals surface area contributed by atoms with Crippen LogP contribution in [0.25, 0.3) is 0 Å². The van der Waals surface area contributed by atoms with Gasteiger partial charge in [0.1, 0.15) is 12.4 Å². The smallest absolute Gasteiger partial charge is 0.225 e. The summed E-state index contributed by atoms with van der Waals surface area (Å²) in [7, 11) is 1.57. The molecule has 0 saturated heterocycles. The zero-order valence-electron chi connectivity index (χ0n) is 13.3. The number of amides is 1. The minimum atomic E-state index is -0.319. The second-order valence-electron chi connectivity index (χ2n) is 4.87. The fraction of sp³-hybridized carbons (Fsp3) is 0.211. The van der Waals surface area contributed by atoms with E-state index in [0.29, 0.717) is 11.5 Å². The van der Waals surface area contributed by atoms with E-state index in [1.807, 2.05) is 12.1 Å². The van der Waals surface area contributed by atoms with Gasteiger partial charge >= 0.3 is 0 Å². The van der Waals surface area contributed by atoms with Crippen LogP contribution in [-0.2, 0) is 11.2 Å². The Hall–Kier alpha value is -3.00. The standard InChI is InChI=1S/C19H18FNO3/c1-23-17-6-2-3-7-18(17)24-13-5-4-12-21-19(22)14-15-8-10-16(20)11-9-15/h2-3,6-11H,12-14H2,1H3,(H,21,22). The lowest BCUT2D eigenvalue weighted by Gasteiger charge is -2.07. The maximum absolute atomic E-state index is 12.8. The van der Waals surface area contributed by atoms with Crippen molar-refractivity contribution in [2.24, 2.45) is 0 Å². The highest BCUT2D eigenvalue weighted by atomic mass is 19.1. The molecule has 0 heterocycles. The molecule has 0 aliphatic heterocycles. The Labute approximate surface area is 140 Å². The number of halogens is 1. The van der Waals surface area contributed by atoms with Crippen LogP contribution in [0.1, 0.15) is 5.56 Å². The first-order chi connectivity index (χ1) is 11.7. The van der Waals surface area contributed by atoms with Crippen LogP contribution in [0.3, 0.4) is 0 Å². The minimum absolute atomic E-state index is 0.165. The number of ether oxygens (including phenoxy) is 2. The van der Waals surface area contributed by atoms with E-state index in [1.165, 1.54) is 12.1 Å². The van der Waals surface area contributed by atoms with Crippen molar-refractivity contribution in [1.29, 1.82) is 0 Å². The summed E-state index contributed by atoms with van der Waals surface area (Å²) in [5.74, 6) is 6.41. The molecular weight excluding hydrogens is 309 g/mol. The summed E-state index contributed by atoms with van der Waals surface area (Å²) in [6.07, 6.45) is 0.194. The fourth-order valence-corrected chi connectivity index (χ4v) is 1.96. The number of para-hydroxylation sites is 2. The maximum atomic E-state index is 12.8. The first-order valence-corrected chi connectivity index (χ1v) is 7.41. The van der Waals surface area contributed by atoms with Crippen molar-refractivity contribution >= 4 is 5.91 Å². The molecule has 0 radical (unpaired) electrons. The van der Waals surface area contributed by atoms with Crippen molar-refractivity contribution in [1.82, 2.24) is 5.32 Å². The molecule has 0 bridgehead atoms. The van der Waals surface area contributed by atoms with Gasteiger partial charge in [-0.2, -0.15) is 0 Å². The van der Waals surface area contributed by atoms with E-state index >= 15 is 0 Å². The van der Waals surface area contributed by atoms with Gasteiger partial charge in [-0.3, -0.25) is 4.79 Å². The molecule has 0 saturated carbocycles. The van der Waals surface area contributed by atoms with Gasteiger partial charge < -0.3 is 14.8 Å². The van der Waals surface area contributed by atoms with Crippen LogP contribution < -0.4 is 14.8 Å². The van der Waals surface area contributed by atoms with Crippen LogP contribution in [0.15, 0.2) is 48.5 Å². The molecule has 0 spiro atoms. The molecule has 124 valence electrons. The Kier molecular flexibility index (Phi) is 6.66. The van der Waals surface area contributed by atoms with Gasteiger partial charge in [-0.15, -0.1) is 0 Å². The number of hydrogen-bond donors (Lipinski definition) is 1. The molecule has 24 heavy (non-hydrogen) atoms. The number of carbonyl (C=O) groups excluding carboxylic acids is 1. The van der Waals surface area contributed by atoms with E-state index in [0.717, 1.165) is 5.56 Å². The third-order valence-corrected chi connectivity index (χ3v) is 3.15. The maximum Gasteiger partial charge on any atom is 0.225 e. The lowest BCUT2D eigenvalue weighted by atomic mass is 10.1. The van der Waals surface area contributed by atoms with E-state index in [1.54, 1.807) is 31.4 Å². The molecular formula is C19H18FNO3. The molecule has 2 rings (SSSR count).